The molecule has 0 unspecified atom stereocenters. The number of rotatable bonds is 5. The molecule has 2 amide bonds. The maximum absolute atomic E-state index is 15.0. The predicted molar refractivity (Wildman–Crippen MR) is 150 cm³/mol. The minimum absolute atomic E-state index is 0.0259. The van der Waals surface area contributed by atoms with Gasteiger partial charge in [-0.05, 0) is 59.7 Å². The molecule has 1 aliphatic heterocycles. The number of hydrogen-bond acceptors (Lipinski definition) is 4. The van der Waals surface area contributed by atoms with Crippen molar-refractivity contribution in [3.05, 3.63) is 119 Å². The number of halogens is 3. The van der Waals surface area contributed by atoms with Gasteiger partial charge in [-0.15, -0.1) is 0 Å². The highest BCUT2D eigenvalue weighted by molar-refractivity contribution is 6.30. The molecule has 1 aliphatic rings. The Labute approximate surface area is 234 Å². The van der Waals surface area contributed by atoms with Gasteiger partial charge >= 0.3 is 0 Å². The van der Waals surface area contributed by atoms with Gasteiger partial charge in [0.15, 0.2) is 5.60 Å². The molecule has 1 heterocycles. The van der Waals surface area contributed by atoms with Crippen LogP contribution in [0, 0.1) is 0 Å². The second-order valence-corrected chi connectivity index (χ2v) is 9.97. The lowest BCUT2D eigenvalue weighted by Gasteiger charge is -2.33. The Hall–Kier alpha value is -4.11. The van der Waals surface area contributed by atoms with E-state index in [2.05, 4.69) is 5.32 Å². The zero-order chi connectivity index (χ0) is 28.5. The number of alkyl halides is 2. The van der Waals surface area contributed by atoms with Gasteiger partial charge in [0.25, 0.3) is 17.7 Å². The number of hydrogen-bond donors (Lipinski definition) is 3. The third-order valence-electron chi connectivity index (χ3n) is 7.07. The van der Waals surface area contributed by atoms with Gasteiger partial charge < -0.3 is 20.4 Å². The summed E-state index contributed by atoms with van der Waals surface area (Å²) in [5.74, 6) is -4.64. The summed E-state index contributed by atoms with van der Waals surface area (Å²) in [4.78, 5) is 27.7. The Morgan fingerprint density at radius 2 is 1.60 bits per heavy atom. The Morgan fingerprint density at radius 3 is 2.30 bits per heavy atom. The molecule has 6 nitrogen and oxygen atoms in total. The van der Waals surface area contributed by atoms with Crippen molar-refractivity contribution in [1.29, 1.82) is 0 Å². The van der Waals surface area contributed by atoms with Crippen LogP contribution in [0.3, 0.4) is 0 Å². The van der Waals surface area contributed by atoms with Crippen LogP contribution in [-0.4, -0.2) is 41.1 Å². The first-order valence-corrected chi connectivity index (χ1v) is 12.9. The SMILES string of the molecule is O=C(Nc1ccc(C(=O)N2CCC(F)(F)[C@](O)(CO)c3cc(Cl)ccc32)cc1)c1ccccc1-c1ccccc1. The van der Waals surface area contributed by atoms with Crippen molar-refractivity contribution in [2.45, 2.75) is 17.9 Å². The maximum atomic E-state index is 15.0. The van der Waals surface area contributed by atoms with E-state index in [4.69, 9.17) is 11.6 Å². The summed E-state index contributed by atoms with van der Waals surface area (Å²) in [6.07, 6.45) is -0.878. The standard InChI is InChI=1S/C31H25ClF2N2O4/c32-22-12-15-27-26(18-22)30(40,19-37)31(33,34)16-17-36(27)29(39)21-10-13-23(14-11-21)35-28(38)25-9-5-4-8-24(25)20-6-2-1-3-7-20/h1-15,18,37,40H,16-17,19H2,(H,35,38)/t30-/m0/s1. The fourth-order valence-corrected chi connectivity index (χ4v) is 5.04. The molecule has 204 valence electrons. The van der Waals surface area contributed by atoms with Crippen LogP contribution in [0.5, 0.6) is 0 Å². The molecule has 0 aromatic heterocycles. The molecule has 0 bridgehead atoms. The Morgan fingerprint density at radius 1 is 0.925 bits per heavy atom. The van der Waals surface area contributed by atoms with Crippen molar-refractivity contribution in [1.82, 2.24) is 0 Å². The summed E-state index contributed by atoms with van der Waals surface area (Å²) in [7, 11) is 0. The molecule has 0 fully saturated rings. The lowest BCUT2D eigenvalue weighted by molar-refractivity contribution is -0.205. The topological polar surface area (TPSA) is 89.9 Å². The van der Waals surface area contributed by atoms with E-state index in [1.54, 1.807) is 24.3 Å². The third-order valence-corrected chi connectivity index (χ3v) is 7.30. The molecule has 40 heavy (non-hydrogen) atoms. The van der Waals surface area contributed by atoms with Gasteiger partial charge in [-0.25, -0.2) is 8.78 Å². The quantitative estimate of drug-likeness (QED) is 0.273. The molecular weight excluding hydrogens is 538 g/mol. The molecule has 4 aromatic rings. The van der Waals surface area contributed by atoms with E-state index in [-0.39, 0.29) is 27.7 Å². The number of amides is 2. The molecule has 0 saturated heterocycles. The zero-order valence-corrected chi connectivity index (χ0v) is 21.9. The van der Waals surface area contributed by atoms with Crippen molar-refractivity contribution in [2.24, 2.45) is 0 Å². The predicted octanol–water partition coefficient (Wildman–Crippen LogP) is 6.13. The number of nitrogens with zero attached hydrogens (tertiary/aromatic N) is 1. The molecule has 1 atom stereocenters. The number of aliphatic hydroxyl groups excluding tert-OH is 1. The summed E-state index contributed by atoms with van der Waals surface area (Å²) < 4.78 is 30.0. The summed E-state index contributed by atoms with van der Waals surface area (Å²) in [5.41, 5.74) is -0.455. The number of anilines is 2. The summed E-state index contributed by atoms with van der Waals surface area (Å²) in [5, 5.41) is 23.5. The van der Waals surface area contributed by atoms with Crippen LogP contribution in [0.1, 0.15) is 32.7 Å². The van der Waals surface area contributed by atoms with Crippen molar-refractivity contribution < 1.29 is 28.6 Å². The first-order valence-electron chi connectivity index (χ1n) is 12.5. The smallest absolute Gasteiger partial charge is 0.284 e. The number of nitrogens with one attached hydrogen (secondary N) is 1. The monoisotopic (exact) mass is 562 g/mol. The highest BCUT2D eigenvalue weighted by Crippen LogP contribution is 2.47. The van der Waals surface area contributed by atoms with E-state index in [0.29, 0.717) is 11.3 Å². The fourth-order valence-electron chi connectivity index (χ4n) is 4.86. The summed E-state index contributed by atoms with van der Waals surface area (Å²) in [6, 6.07) is 26.7. The summed E-state index contributed by atoms with van der Waals surface area (Å²) >= 11 is 6.02. The van der Waals surface area contributed by atoms with Crippen LogP contribution >= 0.6 is 11.6 Å². The molecule has 9 heteroatoms. The molecule has 0 spiro atoms. The number of fused-ring (bicyclic) bond motifs is 1. The van der Waals surface area contributed by atoms with Gasteiger partial charge in [0.05, 0.1) is 12.3 Å². The average molecular weight is 563 g/mol. The first-order chi connectivity index (χ1) is 19.1. The molecule has 3 N–H and O–H groups in total. The largest absolute Gasteiger partial charge is 0.393 e. The van der Waals surface area contributed by atoms with Crippen molar-refractivity contribution in [2.75, 3.05) is 23.4 Å². The van der Waals surface area contributed by atoms with Gasteiger partial charge in [0.1, 0.15) is 0 Å². The van der Waals surface area contributed by atoms with Gasteiger partial charge in [0, 0.05) is 40.4 Å². The van der Waals surface area contributed by atoms with E-state index in [1.807, 2.05) is 42.5 Å². The van der Waals surface area contributed by atoms with Crippen LogP contribution < -0.4 is 10.2 Å². The zero-order valence-electron chi connectivity index (χ0n) is 21.2. The van der Waals surface area contributed by atoms with E-state index >= 15 is 0 Å². The van der Waals surface area contributed by atoms with Crippen LogP contribution in [0.25, 0.3) is 11.1 Å². The van der Waals surface area contributed by atoms with Crippen LogP contribution in [0.4, 0.5) is 20.2 Å². The van der Waals surface area contributed by atoms with E-state index < -0.39 is 37.0 Å². The van der Waals surface area contributed by atoms with Crippen LogP contribution in [0.2, 0.25) is 5.02 Å². The molecule has 0 radical (unpaired) electrons. The second-order valence-electron chi connectivity index (χ2n) is 9.53. The molecule has 0 saturated carbocycles. The Kier molecular flexibility index (Phi) is 7.42. The number of carbonyl (C=O) groups excluding carboxylic acids is 2. The van der Waals surface area contributed by atoms with Gasteiger partial charge in [-0.1, -0.05) is 60.1 Å². The minimum atomic E-state index is -3.72. The van der Waals surface area contributed by atoms with Crippen molar-refractivity contribution in [3.63, 3.8) is 0 Å². The third kappa shape index (κ3) is 4.97. The minimum Gasteiger partial charge on any atom is -0.393 e. The number of benzene rings is 4. The first kappa shape index (κ1) is 27.5. The summed E-state index contributed by atoms with van der Waals surface area (Å²) in [6.45, 7) is -1.66. The van der Waals surface area contributed by atoms with Crippen molar-refractivity contribution >= 4 is 34.8 Å². The highest BCUT2D eigenvalue weighted by atomic mass is 35.5. The van der Waals surface area contributed by atoms with E-state index in [0.717, 1.165) is 22.1 Å². The molecule has 5 rings (SSSR count). The van der Waals surface area contributed by atoms with E-state index in [1.165, 1.54) is 24.3 Å². The maximum Gasteiger partial charge on any atom is 0.284 e. The van der Waals surface area contributed by atoms with Gasteiger partial charge in [-0.3, -0.25) is 9.59 Å². The Bertz CT molecular complexity index is 1560. The number of carbonyl (C=O) groups is 2. The lowest BCUT2D eigenvalue weighted by Crippen LogP contribution is -2.48. The Balaban J connectivity index is 1.40. The second kappa shape index (κ2) is 10.8. The molecule has 0 aliphatic carbocycles. The molecule has 4 aromatic carbocycles. The van der Waals surface area contributed by atoms with Crippen molar-refractivity contribution in [3.8, 4) is 11.1 Å². The van der Waals surface area contributed by atoms with Gasteiger partial charge in [-0.2, -0.15) is 0 Å². The lowest BCUT2D eigenvalue weighted by atomic mass is 9.86. The number of aliphatic hydroxyl groups is 2. The van der Waals surface area contributed by atoms with E-state index in [9.17, 15) is 28.6 Å². The fraction of sp³-hybridized carbons (Fsp3) is 0.161. The normalized spacial score (nSPS) is 18.0. The van der Waals surface area contributed by atoms with Crippen LogP contribution in [-0.2, 0) is 5.60 Å². The average Bonchev–Trinajstić information content (AvgIpc) is 3.05. The van der Waals surface area contributed by atoms with Gasteiger partial charge in [0.2, 0.25) is 0 Å². The highest BCUT2D eigenvalue weighted by Gasteiger charge is 2.56. The molecular formula is C31H25ClF2N2O4. The van der Waals surface area contributed by atoms with Crippen LogP contribution in [0.15, 0.2) is 97.1 Å².